The molecule has 4 rings (SSSR count). The van der Waals surface area contributed by atoms with Crippen molar-refractivity contribution >= 4 is 46.8 Å². The molecule has 4 N–H and O–H groups in total. The summed E-state index contributed by atoms with van der Waals surface area (Å²) in [4.78, 5) is 51.1. The number of β-lactam (4-membered cyclic amide) rings is 1. The number of carbonyl (C=O) groups excluding carboxylic acids is 4. The van der Waals surface area contributed by atoms with Gasteiger partial charge in [-0.15, -0.1) is 23.1 Å². The van der Waals surface area contributed by atoms with Crippen LogP contribution < -0.4 is 21.1 Å². The number of primary amides is 1. The van der Waals surface area contributed by atoms with Crippen LogP contribution in [0, 0.1) is 0 Å². The normalized spacial score (nSPS) is 24.9. The van der Waals surface area contributed by atoms with Gasteiger partial charge < -0.3 is 25.9 Å². The van der Waals surface area contributed by atoms with E-state index in [0.29, 0.717) is 30.0 Å². The van der Waals surface area contributed by atoms with Crippen molar-refractivity contribution < 1.29 is 29.2 Å². The van der Waals surface area contributed by atoms with Crippen molar-refractivity contribution in [2.45, 2.75) is 17.8 Å². The maximum absolute atomic E-state index is 12.7. The van der Waals surface area contributed by atoms with Gasteiger partial charge in [0.25, 0.3) is 5.91 Å². The molecule has 0 bridgehead atoms. The molecule has 4 heterocycles. The summed E-state index contributed by atoms with van der Waals surface area (Å²) < 4.78 is 0. The molecule has 3 amide bonds. The molecule has 3 atom stereocenters. The number of amides is 3. The molecule has 0 radical (unpaired) electrons. The van der Waals surface area contributed by atoms with Gasteiger partial charge in [-0.1, -0.05) is 6.07 Å². The highest BCUT2D eigenvalue weighted by molar-refractivity contribution is 8.00. The zero-order valence-electron chi connectivity index (χ0n) is 16.3. The Balaban J connectivity index is 1.44. The Labute approximate surface area is 186 Å². The van der Waals surface area contributed by atoms with E-state index in [0.717, 1.165) is 9.78 Å². The number of nitrogens with zero attached hydrogens (tertiary/aromatic N) is 1. The van der Waals surface area contributed by atoms with E-state index in [1.165, 1.54) is 28.0 Å². The summed E-state index contributed by atoms with van der Waals surface area (Å²) in [6.45, 7) is 0.823. The van der Waals surface area contributed by atoms with Crippen LogP contribution in [0.15, 0.2) is 52.7 Å². The van der Waals surface area contributed by atoms with Crippen molar-refractivity contribution in [2.24, 2.45) is 5.73 Å². The van der Waals surface area contributed by atoms with E-state index in [-0.39, 0.29) is 18.0 Å². The van der Waals surface area contributed by atoms with Gasteiger partial charge in [0.05, 0.1) is 24.3 Å². The van der Waals surface area contributed by atoms with E-state index >= 15 is 0 Å². The number of nitrogens with two attached hydrogens (primary N) is 1. The Bertz CT molecular complexity index is 1030. The summed E-state index contributed by atoms with van der Waals surface area (Å²) in [5.41, 5.74) is 6.13. The van der Waals surface area contributed by atoms with Crippen LogP contribution in [-0.4, -0.2) is 58.8 Å². The number of thiophene rings is 1. The number of thioether (sulfide) groups is 1. The molecule has 162 valence electrons. The second-order valence-corrected chi connectivity index (χ2v) is 9.48. The van der Waals surface area contributed by atoms with E-state index < -0.39 is 29.2 Å². The van der Waals surface area contributed by atoms with Gasteiger partial charge in [-0.05, 0) is 17.5 Å². The number of quaternary nitrogens is 1. The highest BCUT2D eigenvalue weighted by Crippen LogP contribution is 2.39. The van der Waals surface area contributed by atoms with E-state index in [1.54, 1.807) is 18.4 Å². The topological polar surface area (TPSA) is 137 Å². The third-order valence-electron chi connectivity index (χ3n) is 5.28. The average Bonchev–Trinajstić information content (AvgIpc) is 3.24. The molecule has 0 aromatic carbocycles. The number of carbonyl (C=O) groups is 4. The first-order chi connectivity index (χ1) is 14.8. The Morgan fingerprint density at radius 1 is 1.35 bits per heavy atom. The van der Waals surface area contributed by atoms with E-state index in [4.69, 9.17) is 5.73 Å². The maximum atomic E-state index is 12.7. The summed E-state index contributed by atoms with van der Waals surface area (Å²) >= 11 is 2.87. The van der Waals surface area contributed by atoms with Crippen LogP contribution in [0.25, 0.3) is 0 Å². The molecule has 11 heteroatoms. The first kappa shape index (κ1) is 21.3. The Kier molecular flexibility index (Phi) is 5.99. The summed E-state index contributed by atoms with van der Waals surface area (Å²) in [6, 6.07) is 2.94. The van der Waals surface area contributed by atoms with Gasteiger partial charge in [-0.2, -0.15) is 0 Å². The summed E-state index contributed by atoms with van der Waals surface area (Å²) in [7, 11) is 0. The number of fused-ring (bicyclic) bond motifs is 1. The van der Waals surface area contributed by atoms with Crippen molar-refractivity contribution in [1.82, 2.24) is 10.2 Å². The minimum atomic E-state index is -1.41. The van der Waals surface area contributed by atoms with E-state index in [2.05, 4.69) is 5.32 Å². The fraction of sp³-hybridized carbons (Fsp3) is 0.300. The molecule has 1 aromatic rings. The number of rotatable bonds is 7. The first-order valence-corrected chi connectivity index (χ1v) is 11.5. The molecule has 0 aliphatic carbocycles. The van der Waals surface area contributed by atoms with Gasteiger partial charge in [0.15, 0.2) is 0 Å². The average molecular weight is 461 g/mol. The highest BCUT2D eigenvalue weighted by atomic mass is 32.2. The fourth-order valence-corrected chi connectivity index (χ4v) is 5.83. The molecule has 0 spiro atoms. The number of hydrogen-bond donors (Lipinski definition) is 3. The van der Waals surface area contributed by atoms with Crippen molar-refractivity contribution in [1.29, 1.82) is 0 Å². The lowest BCUT2D eigenvalue weighted by atomic mass is 10.0. The highest BCUT2D eigenvalue weighted by Gasteiger charge is 2.53. The molecule has 3 unspecified atom stereocenters. The number of carboxylic acids is 1. The molecule has 1 fully saturated rings. The van der Waals surface area contributed by atoms with E-state index in [9.17, 15) is 24.3 Å². The van der Waals surface area contributed by atoms with E-state index in [1.807, 2.05) is 17.5 Å². The molecular formula is C20H20N4O5S2. The third kappa shape index (κ3) is 4.29. The Morgan fingerprint density at radius 3 is 2.77 bits per heavy atom. The van der Waals surface area contributed by atoms with Crippen LogP contribution in [0.4, 0.5) is 0 Å². The first-order valence-electron chi connectivity index (χ1n) is 9.57. The van der Waals surface area contributed by atoms with Crippen LogP contribution in [0.3, 0.4) is 0 Å². The number of hydrogen-bond acceptors (Lipinski definition) is 7. The predicted molar refractivity (Wildman–Crippen MR) is 112 cm³/mol. The largest absolute Gasteiger partial charge is 0.543 e. The lowest BCUT2D eigenvalue weighted by Gasteiger charge is -2.50. The monoisotopic (exact) mass is 460 g/mol. The SMILES string of the molecule is NC(=O)C1=CC[NH+](CC2=C(C(=O)[O-])N3C(=O)C(NC(=O)Cc4cccs4)C3SC2)C=C1. The van der Waals surface area contributed by atoms with Gasteiger partial charge in [0.2, 0.25) is 11.8 Å². The van der Waals surface area contributed by atoms with Crippen LogP contribution >= 0.6 is 23.1 Å². The number of carboxylic acid groups (broad SMARTS) is 1. The lowest BCUT2D eigenvalue weighted by Crippen LogP contribution is -3.08. The Morgan fingerprint density at radius 2 is 2.16 bits per heavy atom. The van der Waals surface area contributed by atoms with Crippen molar-refractivity contribution in [2.75, 3.05) is 18.8 Å². The summed E-state index contributed by atoms with van der Waals surface area (Å²) in [5, 5.41) is 16.0. The van der Waals surface area contributed by atoms with Crippen molar-refractivity contribution in [3.63, 3.8) is 0 Å². The van der Waals surface area contributed by atoms with Gasteiger partial charge in [-0.25, -0.2) is 0 Å². The zero-order valence-corrected chi connectivity index (χ0v) is 18.0. The molecule has 31 heavy (non-hydrogen) atoms. The maximum Gasteiger partial charge on any atom is 0.253 e. The predicted octanol–water partition coefficient (Wildman–Crippen LogP) is -2.48. The number of nitrogens with one attached hydrogen (secondary N) is 2. The zero-order chi connectivity index (χ0) is 22.1. The second kappa shape index (κ2) is 8.69. The molecule has 3 aliphatic rings. The van der Waals surface area contributed by atoms with Crippen molar-refractivity contribution in [3.05, 3.63) is 57.6 Å². The van der Waals surface area contributed by atoms with Gasteiger partial charge in [0, 0.05) is 27.9 Å². The molecule has 0 saturated carbocycles. The van der Waals surface area contributed by atoms with Crippen LogP contribution in [0.1, 0.15) is 4.88 Å². The van der Waals surface area contributed by atoms with Crippen molar-refractivity contribution in [3.8, 4) is 0 Å². The van der Waals surface area contributed by atoms with Gasteiger partial charge >= 0.3 is 0 Å². The number of aliphatic carboxylic acids is 1. The third-order valence-corrected chi connectivity index (χ3v) is 7.50. The molecular weight excluding hydrogens is 440 g/mol. The van der Waals surface area contributed by atoms with Gasteiger partial charge in [0.1, 0.15) is 24.5 Å². The van der Waals surface area contributed by atoms with Crippen LogP contribution in [0.5, 0.6) is 0 Å². The molecule has 1 aromatic heterocycles. The van der Waals surface area contributed by atoms with Crippen LogP contribution in [-0.2, 0) is 25.6 Å². The minimum absolute atomic E-state index is 0.122. The minimum Gasteiger partial charge on any atom is -0.543 e. The molecule has 1 saturated heterocycles. The second-order valence-electron chi connectivity index (χ2n) is 7.35. The molecule has 3 aliphatic heterocycles. The summed E-state index contributed by atoms with van der Waals surface area (Å²) in [5.74, 6) is -2.25. The van der Waals surface area contributed by atoms with Crippen LogP contribution in [0.2, 0.25) is 0 Å². The smallest absolute Gasteiger partial charge is 0.253 e. The standard InChI is InChI=1S/C20H20N4O5S2/c21-17(26)11-3-5-23(6-4-11)9-12-10-31-19-15(18(27)24(19)16(12)20(28)29)22-14(25)8-13-2-1-7-30-13/h1-5,7,15,19H,6,8-10H2,(H2,21,26)(H,22,25)(H,28,29). The Hall–Kier alpha value is -2.89. The fourth-order valence-electron chi connectivity index (χ4n) is 3.78. The quantitative estimate of drug-likeness (QED) is 0.386. The molecule has 9 nitrogen and oxygen atoms in total. The summed E-state index contributed by atoms with van der Waals surface area (Å²) in [6.07, 6.45) is 5.23. The lowest BCUT2D eigenvalue weighted by molar-refractivity contribution is -0.835. The van der Waals surface area contributed by atoms with Gasteiger partial charge in [-0.3, -0.25) is 19.3 Å².